The summed E-state index contributed by atoms with van der Waals surface area (Å²) >= 11 is 0. The maximum atomic E-state index is 2.29. The molecular formula is C22H34I2N2. The Morgan fingerprint density at radius 3 is 1.00 bits per heavy atom. The van der Waals surface area contributed by atoms with Crippen LogP contribution in [-0.2, 0) is 12.8 Å². The average Bonchev–Trinajstić information content (AvgIpc) is 2.51. The van der Waals surface area contributed by atoms with Crippen molar-refractivity contribution in [2.24, 2.45) is 0 Å². The zero-order valence-electron chi connectivity index (χ0n) is 17.1. The van der Waals surface area contributed by atoms with Gasteiger partial charge in [0.15, 0.2) is 0 Å². The van der Waals surface area contributed by atoms with Crippen LogP contribution in [0, 0.1) is 0 Å². The molecule has 2 aromatic carbocycles. The number of hydrogen-bond donors (Lipinski definition) is 0. The molecule has 0 saturated heterocycles. The van der Waals surface area contributed by atoms with Crippen LogP contribution < -0.4 is 56.9 Å². The summed E-state index contributed by atoms with van der Waals surface area (Å²) in [6.45, 7) is 0. The molecule has 0 unspecified atom stereocenters. The number of rotatable bonds is 7. The summed E-state index contributed by atoms with van der Waals surface area (Å²) in [4.78, 5) is 0. The van der Waals surface area contributed by atoms with Crippen molar-refractivity contribution >= 4 is 11.4 Å². The van der Waals surface area contributed by atoms with Gasteiger partial charge in [-0.05, 0) is 61.1 Å². The second-order valence-corrected chi connectivity index (χ2v) is 8.56. The first-order chi connectivity index (χ1) is 11.2. The van der Waals surface area contributed by atoms with Crippen molar-refractivity contribution in [3.63, 3.8) is 0 Å². The molecule has 0 saturated carbocycles. The summed E-state index contributed by atoms with van der Waals surface area (Å²) in [5, 5.41) is 0. The van der Waals surface area contributed by atoms with Gasteiger partial charge in [0.25, 0.3) is 0 Å². The van der Waals surface area contributed by atoms with Crippen molar-refractivity contribution in [1.82, 2.24) is 8.97 Å². The van der Waals surface area contributed by atoms with Gasteiger partial charge in [0.05, 0.1) is 42.3 Å². The van der Waals surface area contributed by atoms with Crippen molar-refractivity contribution < 1.29 is 48.0 Å². The maximum absolute atomic E-state index is 2.29. The lowest BCUT2D eigenvalue weighted by molar-refractivity contribution is -0.00100. The summed E-state index contributed by atoms with van der Waals surface area (Å²) in [5.74, 6) is 0. The van der Waals surface area contributed by atoms with Crippen molar-refractivity contribution in [2.45, 2.75) is 25.7 Å². The Bertz CT molecular complexity index is 576. The highest BCUT2D eigenvalue weighted by Crippen LogP contribution is 2.20. The summed E-state index contributed by atoms with van der Waals surface area (Å²) < 4.78 is 1.76. The van der Waals surface area contributed by atoms with Gasteiger partial charge in [-0.2, -0.15) is 0 Å². The first kappa shape index (κ1) is 25.8. The first-order valence-electron chi connectivity index (χ1n) is 8.98. The molecule has 2 rings (SSSR count). The Morgan fingerprint density at radius 2 is 0.769 bits per heavy atom. The van der Waals surface area contributed by atoms with E-state index in [0.29, 0.717) is 0 Å². The molecule has 26 heavy (non-hydrogen) atoms. The first-order valence-corrected chi connectivity index (χ1v) is 8.98. The largest absolute Gasteiger partial charge is 1.00 e. The molecule has 0 atom stereocenters. The van der Waals surface area contributed by atoms with Gasteiger partial charge in [-0.25, -0.2) is 0 Å². The zero-order chi connectivity index (χ0) is 17.8. The van der Waals surface area contributed by atoms with Crippen molar-refractivity contribution in [3.05, 3.63) is 59.7 Å². The van der Waals surface area contributed by atoms with E-state index >= 15 is 0 Å². The van der Waals surface area contributed by atoms with Crippen molar-refractivity contribution in [1.29, 1.82) is 0 Å². The van der Waals surface area contributed by atoms with Crippen LogP contribution in [0.25, 0.3) is 0 Å². The molecule has 0 spiro atoms. The molecule has 0 aromatic heterocycles. The summed E-state index contributed by atoms with van der Waals surface area (Å²) in [7, 11) is 13.2. The van der Waals surface area contributed by atoms with Crippen molar-refractivity contribution in [2.75, 3.05) is 42.3 Å². The van der Waals surface area contributed by atoms with Crippen LogP contribution in [0.15, 0.2) is 48.5 Å². The topological polar surface area (TPSA) is 0 Å². The van der Waals surface area contributed by atoms with E-state index in [-0.39, 0.29) is 48.0 Å². The third kappa shape index (κ3) is 8.23. The highest BCUT2D eigenvalue weighted by Gasteiger charge is 2.12. The molecule has 0 fully saturated rings. The molecular weight excluding hydrogens is 546 g/mol. The van der Waals surface area contributed by atoms with E-state index in [1.54, 1.807) is 0 Å². The van der Waals surface area contributed by atoms with Gasteiger partial charge in [0, 0.05) is 0 Å². The highest BCUT2D eigenvalue weighted by atomic mass is 127. The Morgan fingerprint density at radius 1 is 0.500 bits per heavy atom. The SMILES string of the molecule is C[N+](C)(C)c1ccc(CCCCc2ccc([N+](C)(C)C)cc2)cc1.[I-].[I-]. The number of unbranched alkanes of at least 4 members (excludes halogenated alkanes) is 1. The van der Waals surface area contributed by atoms with Crippen LogP contribution in [0.4, 0.5) is 11.4 Å². The molecule has 0 radical (unpaired) electrons. The quantitative estimate of drug-likeness (QED) is 0.216. The second kappa shape index (κ2) is 11.0. The third-order valence-electron chi connectivity index (χ3n) is 4.60. The van der Waals surface area contributed by atoms with E-state index in [2.05, 4.69) is 90.8 Å². The molecule has 0 amide bonds. The molecule has 0 N–H and O–H groups in total. The minimum absolute atomic E-state index is 0. The number of benzene rings is 2. The van der Waals surface area contributed by atoms with Gasteiger partial charge < -0.3 is 48.0 Å². The maximum Gasteiger partial charge on any atom is 0.132 e. The highest BCUT2D eigenvalue weighted by molar-refractivity contribution is 5.43. The predicted octanol–water partition coefficient (Wildman–Crippen LogP) is -1.35. The molecule has 2 aromatic rings. The number of nitrogens with zero attached hydrogens (tertiary/aromatic N) is 2. The smallest absolute Gasteiger partial charge is 0.132 e. The van der Waals surface area contributed by atoms with Gasteiger partial charge >= 0.3 is 0 Å². The summed E-state index contributed by atoms with van der Waals surface area (Å²) in [6, 6.07) is 18.2. The van der Waals surface area contributed by atoms with Gasteiger partial charge in [-0.1, -0.05) is 24.3 Å². The normalized spacial score (nSPS) is 11.5. The van der Waals surface area contributed by atoms with Crippen LogP contribution in [0.5, 0.6) is 0 Å². The lowest BCUT2D eigenvalue weighted by Gasteiger charge is -2.23. The Balaban J connectivity index is 0.00000312. The number of hydrogen-bond acceptors (Lipinski definition) is 0. The fourth-order valence-electron chi connectivity index (χ4n) is 2.88. The third-order valence-corrected chi connectivity index (χ3v) is 4.60. The minimum atomic E-state index is 0. The zero-order valence-corrected chi connectivity index (χ0v) is 21.4. The van der Waals surface area contributed by atoms with E-state index in [4.69, 9.17) is 0 Å². The van der Waals surface area contributed by atoms with Gasteiger partial charge in [-0.3, -0.25) is 8.97 Å². The molecule has 0 aliphatic carbocycles. The lowest BCUT2D eigenvalue weighted by Crippen LogP contribution is -3.00. The predicted molar refractivity (Wildman–Crippen MR) is 109 cm³/mol. The fourth-order valence-corrected chi connectivity index (χ4v) is 2.88. The lowest BCUT2D eigenvalue weighted by atomic mass is 10.0. The fraction of sp³-hybridized carbons (Fsp3) is 0.455. The summed E-state index contributed by atoms with van der Waals surface area (Å²) in [5.41, 5.74) is 5.62. The Kier molecular flexibility index (Phi) is 10.9. The second-order valence-electron chi connectivity index (χ2n) is 8.56. The molecule has 4 heteroatoms. The molecule has 0 heterocycles. The monoisotopic (exact) mass is 580 g/mol. The van der Waals surface area contributed by atoms with Crippen LogP contribution in [-0.4, -0.2) is 42.3 Å². The van der Waals surface area contributed by atoms with Gasteiger partial charge in [-0.15, -0.1) is 0 Å². The number of quaternary nitrogens is 2. The van der Waals surface area contributed by atoms with Crippen LogP contribution in [0.1, 0.15) is 24.0 Å². The van der Waals surface area contributed by atoms with E-state index in [1.807, 2.05) is 0 Å². The minimum Gasteiger partial charge on any atom is -1.00 e. The van der Waals surface area contributed by atoms with Crippen LogP contribution in [0.3, 0.4) is 0 Å². The van der Waals surface area contributed by atoms with E-state index in [9.17, 15) is 0 Å². The van der Waals surface area contributed by atoms with E-state index < -0.39 is 0 Å². The number of halogens is 2. The molecule has 0 bridgehead atoms. The Hall–Kier alpha value is -0.180. The molecule has 2 nitrogen and oxygen atoms in total. The van der Waals surface area contributed by atoms with E-state index in [0.717, 1.165) is 8.97 Å². The number of aryl methyl sites for hydroxylation is 2. The van der Waals surface area contributed by atoms with E-state index in [1.165, 1.54) is 48.2 Å². The molecule has 0 aliphatic heterocycles. The van der Waals surface area contributed by atoms with Gasteiger partial charge in [0.2, 0.25) is 0 Å². The summed E-state index contributed by atoms with van der Waals surface area (Å²) in [6.07, 6.45) is 4.85. The van der Waals surface area contributed by atoms with Crippen LogP contribution >= 0.6 is 0 Å². The molecule has 146 valence electrons. The average molecular weight is 580 g/mol. The van der Waals surface area contributed by atoms with Crippen molar-refractivity contribution in [3.8, 4) is 0 Å². The molecule has 0 aliphatic rings. The van der Waals surface area contributed by atoms with Gasteiger partial charge in [0.1, 0.15) is 11.4 Å². The van der Waals surface area contributed by atoms with Crippen LogP contribution in [0.2, 0.25) is 0 Å². The standard InChI is InChI=1S/C22H34N2.2HI/c1-23(2,3)21-15-11-19(12-16-21)9-7-8-10-20-13-17-22(18-14-20)24(4,5)6;;/h11-18H,7-10H2,1-6H3;2*1H/q+2;;/p-2. The Labute approximate surface area is 194 Å².